The lowest BCUT2D eigenvalue weighted by Crippen LogP contribution is -1.96. The Morgan fingerprint density at radius 1 is 0.517 bits per heavy atom. The lowest BCUT2D eigenvalue weighted by Gasteiger charge is -2.15. The van der Waals surface area contributed by atoms with Crippen molar-refractivity contribution < 1.29 is 0 Å². The number of aromatic nitrogens is 2. The molecule has 0 unspecified atom stereocenters. The van der Waals surface area contributed by atoms with Crippen molar-refractivity contribution in [2.24, 2.45) is 0 Å². The number of benzene rings is 4. The minimum absolute atomic E-state index is 0.780. The molecule has 0 saturated heterocycles. The molecule has 0 saturated carbocycles. The zero-order chi connectivity index (χ0) is 19.6. The molecule has 2 nitrogen and oxygen atoms in total. The Kier molecular flexibility index (Phi) is 4.38. The average Bonchev–Trinajstić information content (AvgIpc) is 2.79. The van der Waals surface area contributed by atoms with E-state index in [0.29, 0.717) is 0 Å². The summed E-state index contributed by atoms with van der Waals surface area (Å²) in [6.07, 6.45) is 0. The van der Waals surface area contributed by atoms with Crippen LogP contribution in [0, 0.1) is 6.92 Å². The second kappa shape index (κ2) is 7.33. The number of fused-ring (bicyclic) bond motifs is 1. The third-order valence-corrected chi connectivity index (χ3v) is 5.16. The van der Waals surface area contributed by atoms with Gasteiger partial charge in [0.2, 0.25) is 0 Å². The molecule has 0 amide bonds. The van der Waals surface area contributed by atoms with Gasteiger partial charge in [-0.25, -0.2) is 9.97 Å². The van der Waals surface area contributed by atoms with Gasteiger partial charge in [0.15, 0.2) is 0 Å². The second-order valence-electron chi connectivity index (χ2n) is 7.13. The van der Waals surface area contributed by atoms with E-state index in [0.717, 1.165) is 28.0 Å². The van der Waals surface area contributed by atoms with E-state index >= 15 is 0 Å². The van der Waals surface area contributed by atoms with Gasteiger partial charge in [-0.1, -0.05) is 91.0 Å². The third-order valence-electron chi connectivity index (χ3n) is 5.16. The molecule has 1 aromatic heterocycles. The number of hydrogen-bond donors (Lipinski definition) is 0. The van der Waals surface area contributed by atoms with E-state index in [9.17, 15) is 0 Å². The number of nitrogens with zero attached hydrogens (tertiary/aromatic N) is 2. The van der Waals surface area contributed by atoms with Crippen molar-refractivity contribution in [3.05, 3.63) is 109 Å². The van der Waals surface area contributed by atoms with Crippen LogP contribution in [0.5, 0.6) is 0 Å². The van der Waals surface area contributed by atoms with Gasteiger partial charge in [0.25, 0.3) is 0 Å². The smallest absolute Gasteiger partial charge is 0.126 e. The maximum absolute atomic E-state index is 4.80. The highest BCUT2D eigenvalue weighted by Crippen LogP contribution is 2.37. The molecule has 5 aromatic rings. The molecule has 2 heteroatoms. The van der Waals surface area contributed by atoms with Crippen molar-refractivity contribution in [1.82, 2.24) is 9.97 Å². The Hall–Kier alpha value is -3.78. The predicted octanol–water partition coefficient (Wildman–Crippen LogP) is 6.94. The van der Waals surface area contributed by atoms with Crippen molar-refractivity contribution >= 4 is 10.9 Å². The Morgan fingerprint density at radius 3 is 1.55 bits per heavy atom. The minimum atomic E-state index is 0.780. The molecule has 0 radical (unpaired) electrons. The van der Waals surface area contributed by atoms with Gasteiger partial charge < -0.3 is 0 Å². The maximum atomic E-state index is 4.80. The molecule has 4 aromatic carbocycles. The Bertz CT molecular complexity index is 1280. The molecular weight excluding hydrogens is 352 g/mol. The summed E-state index contributed by atoms with van der Waals surface area (Å²) >= 11 is 0. The highest BCUT2D eigenvalue weighted by atomic mass is 14.9. The van der Waals surface area contributed by atoms with Crippen LogP contribution < -0.4 is 0 Å². The molecule has 0 atom stereocenters. The van der Waals surface area contributed by atoms with Crippen molar-refractivity contribution in [3.63, 3.8) is 0 Å². The summed E-state index contributed by atoms with van der Waals surface area (Å²) in [6, 6.07) is 35.8. The Morgan fingerprint density at radius 2 is 1.00 bits per heavy atom. The molecular formula is C27H20N2. The first-order valence-electron chi connectivity index (χ1n) is 9.78. The molecule has 0 aliphatic heterocycles. The zero-order valence-corrected chi connectivity index (χ0v) is 16.2. The van der Waals surface area contributed by atoms with Crippen molar-refractivity contribution in [3.8, 4) is 33.5 Å². The van der Waals surface area contributed by atoms with Crippen LogP contribution in [0.15, 0.2) is 103 Å². The summed E-state index contributed by atoms with van der Waals surface area (Å²) in [6.45, 7) is 1.96. The van der Waals surface area contributed by atoms with Gasteiger partial charge in [-0.05, 0) is 41.3 Å². The molecule has 0 fully saturated rings. The van der Waals surface area contributed by atoms with Crippen LogP contribution in [0.4, 0.5) is 0 Å². The molecule has 0 N–H and O–H groups in total. The van der Waals surface area contributed by atoms with Crippen LogP contribution in [0.1, 0.15) is 5.82 Å². The summed E-state index contributed by atoms with van der Waals surface area (Å²) < 4.78 is 0. The molecule has 138 valence electrons. The van der Waals surface area contributed by atoms with Gasteiger partial charge in [-0.3, -0.25) is 0 Å². The molecule has 5 rings (SSSR count). The number of aryl methyl sites for hydroxylation is 1. The van der Waals surface area contributed by atoms with E-state index in [1.54, 1.807) is 0 Å². The van der Waals surface area contributed by atoms with Crippen LogP contribution in [-0.4, -0.2) is 9.97 Å². The van der Waals surface area contributed by atoms with E-state index < -0.39 is 0 Å². The lowest BCUT2D eigenvalue weighted by atomic mass is 9.91. The summed E-state index contributed by atoms with van der Waals surface area (Å²) in [5.41, 5.74) is 7.79. The fourth-order valence-corrected chi connectivity index (χ4v) is 3.82. The van der Waals surface area contributed by atoms with Gasteiger partial charge in [0.1, 0.15) is 5.82 Å². The third kappa shape index (κ3) is 3.30. The predicted molar refractivity (Wildman–Crippen MR) is 121 cm³/mol. The molecule has 1 heterocycles. The largest absolute Gasteiger partial charge is 0.233 e. The molecule has 0 aliphatic rings. The van der Waals surface area contributed by atoms with E-state index in [2.05, 4.69) is 91.0 Å². The van der Waals surface area contributed by atoms with E-state index in [1.165, 1.54) is 22.3 Å². The monoisotopic (exact) mass is 372 g/mol. The molecule has 0 aliphatic carbocycles. The summed E-state index contributed by atoms with van der Waals surface area (Å²) in [5.74, 6) is 0.780. The van der Waals surface area contributed by atoms with Crippen molar-refractivity contribution in [2.45, 2.75) is 6.92 Å². The minimum Gasteiger partial charge on any atom is -0.233 e. The highest BCUT2D eigenvalue weighted by molar-refractivity contribution is 6.00. The lowest BCUT2D eigenvalue weighted by molar-refractivity contribution is 1.10. The van der Waals surface area contributed by atoms with E-state index in [1.807, 2.05) is 19.1 Å². The first-order valence-corrected chi connectivity index (χ1v) is 9.78. The molecule has 0 spiro atoms. The summed E-state index contributed by atoms with van der Waals surface area (Å²) in [4.78, 5) is 9.57. The van der Waals surface area contributed by atoms with E-state index in [-0.39, 0.29) is 0 Å². The fourth-order valence-electron chi connectivity index (χ4n) is 3.82. The molecule has 29 heavy (non-hydrogen) atoms. The topological polar surface area (TPSA) is 25.8 Å². The van der Waals surface area contributed by atoms with Crippen molar-refractivity contribution in [1.29, 1.82) is 0 Å². The Labute approximate surface area is 170 Å². The number of rotatable bonds is 3. The molecule has 0 bridgehead atoms. The fraction of sp³-hybridized carbons (Fsp3) is 0.0370. The summed E-state index contributed by atoms with van der Waals surface area (Å²) in [7, 11) is 0. The number of hydrogen-bond acceptors (Lipinski definition) is 2. The van der Waals surface area contributed by atoms with Gasteiger partial charge in [-0.15, -0.1) is 0 Å². The van der Waals surface area contributed by atoms with Gasteiger partial charge in [-0.2, -0.15) is 0 Å². The van der Waals surface area contributed by atoms with E-state index in [4.69, 9.17) is 9.97 Å². The van der Waals surface area contributed by atoms with Crippen LogP contribution >= 0.6 is 0 Å². The SMILES string of the molecule is Cc1nc(-c2ccccc2)c2cc(-c3ccccc3)c(-c3ccccc3)cc2n1. The van der Waals surface area contributed by atoms with Crippen LogP contribution in [0.25, 0.3) is 44.4 Å². The van der Waals surface area contributed by atoms with Crippen LogP contribution in [0.3, 0.4) is 0 Å². The van der Waals surface area contributed by atoms with Crippen molar-refractivity contribution in [2.75, 3.05) is 0 Å². The average molecular weight is 372 g/mol. The standard InChI is InChI=1S/C27H20N2/c1-19-28-26-18-24(21-13-7-3-8-14-21)23(20-11-5-2-6-12-20)17-25(26)27(29-19)22-15-9-4-10-16-22/h2-18H,1H3. The van der Waals surface area contributed by atoms with Crippen LogP contribution in [-0.2, 0) is 0 Å². The highest BCUT2D eigenvalue weighted by Gasteiger charge is 2.14. The zero-order valence-electron chi connectivity index (χ0n) is 16.2. The van der Waals surface area contributed by atoms with Gasteiger partial charge >= 0.3 is 0 Å². The second-order valence-corrected chi connectivity index (χ2v) is 7.13. The van der Waals surface area contributed by atoms with Crippen LogP contribution in [0.2, 0.25) is 0 Å². The maximum Gasteiger partial charge on any atom is 0.126 e. The van der Waals surface area contributed by atoms with Gasteiger partial charge in [0.05, 0.1) is 11.2 Å². The Balaban J connectivity index is 1.86. The first kappa shape index (κ1) is 17.3. The van der Waals surface area contributed by atoms with Gasteiger partial charge in [0, 0.05) is 10.9 Å². The normalized spacial score (nSPS) is 10.9. The first-order chi connectivity index (χ1) is 14.3. The quantitative estimate of drug-likeness (QED) is 0.343. The summed E-state index contributed by atoms with van der Waals surface area (Å²) in [5, 5.41) is 1.07.